The van der Waals surface area contributed by atoms with Crippen LogP contribution in [-0.4, -0.2) is 41.8 Å². The Bertz CT molecular complexity index is 363. The molecule has 0 fully saturated rings. The molecule has 0 aliphatic rings. The van der Waals surface area contributed by atoms with E-state index in [1.165, 1.54) is 0 Å². The summed E-state index contributed by atoms with van der Waals surface area (Å²) < 4.78 is 0. The van der Waals surface area contributed by atoms with Gasteiger partial charge >= 0.3 is 0 Å². The number of thioether (sulfide) groups is 1. The van der Waals surface area contributed by atoms with E-state index >= 15 is 0 Å². The van der Waals surface area contributed by atoms with Gasteiger partial charge in [0.2, 0.25) is 0 Å². The summed E-state index contributed by atoms with van der Waals surface area (Å²) in [7, 11) is 0. The molecule has 0 spiro atoms. The highest BCUT2D eigenvalue weighted by molar-refractivity contribution is 8.00. The normalized spacial score (nSPS) is 10.9. The van der Waals surface area contributed by atoms with E-state index in [4.69, 9.17) is 11.6 Å². The molecule has 100 valence electrons. The molecule has 0 aromatic heterocycles. The first-order valence-corrected chi connectivity index (χ1v) is 7.79. The molecule has 0 bridgehead atoms. The molecule has 18 heavy (non-hydrogen) atoms. The van der Waals surface area contributed by atoms with Crippen molar-refractivity contribution < 1.29 is 4.79 Å². The Balaban J connectivity index is 2.27. The zero-order valence-electron chi connectivity index (χ0n) is 11.0. The van der Waals surface area contributed by atoms with E-state index in [1.807, 2.05) is 0 Å². The molecule has 0 saturated carbocycles. The molecule has 0 unspecified atom stereocenters. The van der Waals surface area contributed by atoms with Crippen LogP contribution < -0.4 is 0 Å². The van der Waals surface area contributed by atoms with Crippen molar-refractivity contribution in [1.29, 1.82) is 0 Å². The largest absolute Gasteiger partial charge is 0.303 e. The van der Waals surface area contributed by atoms with Crippen molar-refractivity contribution in [2.45, 2.75) is 13.8 Å². The van der Waals surface area contributed by atoms with Gasteiger partial charge in [-0.3, -0.25) is 4.79 Å². The smallest absolute Gasteiger partial charge is 0.172 e. The van der Waals surface area contributed by atoms with Gasteiger partial charge in [0.1, 0.15) is 0 Å². The molecule has 1 aromatic carbocycles. The fraction of sp³-hybridized carbons (Fsp3) is 0.500. The van der Waals surface area contributed by atoms with Gasteiger partial charge in [0.05, 0.1) is 5.75 Å². The minimum absolute atomic E-state index is 0.177. The Kier molecular flexibility index (Phi) is 7.40. The molecular weight excluding hydrogens is 266 g/mol. The van der Waals surface area contributed by atoms with Crippen molar-refractivity contribution in [3.05, 3.63) is 34.9 Å². The maximum atomic E-state index is 11.9. The molecular formula is C14H20ClNOS. The first-order valence-electron chi connectivity index (χ1n) is 6.26. The topological polar surface area (TPSA) is 20.3 Å². The van der Waals surface area contributed by atoms with Gasteiger partial charge in [0.25, 0.3) is 0 Å². The van der Waals surface area contributed by atoms with E-state index in [0.29, 0.717) is 10.8 Å². The molecule has 0 aliphatic carbocycles. The van der Waals surface area contributed by atoms with Crippen LogP contribution in [0.4, 0.5) is 0 Å². The predicted molar refractivity (Wildman–Crippen MR) is 80.9 cm³/mol. The summed E-state index contributed by atoms with van der Waals surface area (Å²) in [6.07, 6.45) is 0. The molecule has 1 rings (SSSR count). The van der Waals surface area contributed by atoms with Crippen LogP contribution >= 0.6 is 23.4 Å². The standard InChI is InChI=1S/C14H20ClNOS/c1-3-16(4-2)9-10-18-11-14(17)12-5-7-13(15)8-6-12/h5-8H,3-4,9-11H2,1-2H3. The number of hydrogen-bond donors (Lipinski definition) is 0. The SMILES string of the molecule is CCN(CC)CCSCC(=O)c1ccc(Cl)cc1. The molecule has 4 heteroatoms. The Labute approximate surface area is 119 Å². The van der Waals surface area contributed by atoms with Crippen LogP contribution in [0, 0.1) is 0 Å². The molecule has 0 radical (unpaired) electrons. The van der Waals surface area contributed by atoms with Crippen molar-refractivity contribution in [2.75, 3.05) is 31.1 Å². The Hall–Kier alpha value is -0.510. The van der Waals surface area contributed by atoms with Gasteiger partial charge in [0, 0.05) is 22.9 Å². The molecule has 0 aliphatic heterocycles. The maximum Gasteiger partial charge on any atom is 0.172 e. The number of rotatable bonds is 8. The lowest BCUT2D eigenvalue weighted by molar-refractivity contribution is 0.102. The highest BCUT2D eigenvalue weighted by Gasteiger charge is 2.06. The van der Waals surface area contributed by atoms with E-state index in [1.54, 1.807) is 36.0 Å². The molecule has 0 saturated heterocycles. The third-order valence-electron chi connectivity index (χ3n) is 2.85. The highest BCUT2D eigenvalue weighted by Crippen LogP contribution is 2.12. The number of Topliss-reactive ketones (excluding diaryl/α,β-unsaturated/α-hetero) is 1. The van der Waals surface area contributed by atoms with Crippen LogP contribution in [0.2, 0.25) is 5.02 Å². The van der Waals surface area contributed by atoms with Gasteiger partial charge in [-0.05, 0) is 37.4 Å². The van der Waals surface area contributed by atoms with Gasteiger partial charge in [-0.2, -0.15) is 11.8 Å². The summed E-state index contributed by atoms with van der Waals surface area (Å²) >= 11 is 7.48. The van der Waals surface area contributed by atoms with Crippen molar-refractivity contribution in [3.63, 3.8) is 0 Å². The highest BCUT2D eigenvalue weighted by atomic mass is 35.5. The van der Waals surface area contributed by atoms with E-state index in [2.05, 4.69) is 18.7 Å². The number of hydrogen-bond acceptors (Lipinski definition) is 3. The number of ketones is 1. The van der Waals surface area contributed by atoms with E-state index in [9.17, 15) is 4.79 Å². The number of carbonyl (C=O) groups excluding carboxylic acids is 1. The minimum atomic E-state index is 0.177. The fourth-order valence-electron chi connectivity index (χ4n) is 1.62. The van der Waals surface area contributed by atoms with E-state index < -0.39 is 0 Å². The van der Waals surface area contributed by atoms with Gasteiger partial charge in [0.15, 0.2) is 5.78 Å². The van der Waals surface area contributed by atoms with Crippen molar-refractivity contribution in [3.8, 4) is 0 Å². The minimum Gasteiger partial charge on any atom is -0.303 e. The third-order valence-corrected chi connectivity index (χ3v) is 4.04. The zero-order chi connectivity index (χ0) is 13.4. The lowest BCUT2D eigenvalue weighted by Gasteiger charge is -2.17. The summed E-state index contributed by atoms with van der Waals surface area (Å²) in [5, 5.41) is 0.667. The first-order chi connectivity index (χ1) is 8.67. The Morgan fingerprint density at radius 2 is 1.83 bits per heavy atom. The number of halogens is 1. The second-order valence-corrected chi connectivity index (χ2v) is 5.55. The molecule has 2 nitrogen and oxygen atoms in total. The Morgan fingerprint density at radius 1 is 1.22 bits per heavy atom. The van der Waals surface area contributed by atoms with Gasteiger partial charge in [-0.25, -0.2) is 0 Å². The molecule has 0 atom stereocenters. The second kappa shape index (κ2) is 8.57. The van der Waals surface area contributed by atoms with E-state index in [0.717, 1.165) is 31.0 Å². The zero-order valence-corrected chi connectivity index (χ0v) is 12.6. The molecule has 0 N–H and O–H groups in total. The van der Waals surface area contributed by atoms with Gasteiger partial charge in [-0.1, -0.05) is 25.4 Å². The summed E-state index contributed by atoms with van der Waals surface area (Å²) in [5.41, 5.74) is 0.745. The maximum absolute atomic E-state index is 11.9. The average molecular weight is 286 g/mol. The van der Waals surface area contributed by atoms with Crippen LogP contribution in [0.5, 0.6) is 0 Å². The molecule has 1 aromatic rings. The number of benzene rings is 1. The van der Waals surface area contributed by atoms with E-state index in [-0.39, 0.29) is 5.78 Å². The quantitative estimate of drug-likeness (QED) is 0.538. The number of nitrogens with zero attached hydrogens (tertiary/aromatic N) is 1. The second-order valence-electron chi connectivity index (χ2n) is 4.01. The predicted octanol–water partition coefficient (Wildman–Crippen LogP) is 3.60. The van der Waals surface area contributed by atoms with Crippen LogP contribution in [-0.2, 0) is 0 Å². The fourth-order valence-corrected chi connectivity index (χ4v) is 2.63. The monoisotopic (exact) mass is 285 g/mol. The summed E-state index contributed by atoms with van der Waals surface area (Å²) in [6, 6.07) is 7.09. The average Bonchev–Trinajstić information content (AvgIpc) is 2.39. The first kappa shape index (κ1) is 15.5. The lowest BCUT2D eigenvalue weighted by atomic mass is 10.1. The van der Waals surface area contributed by atoms with Crippen LogP contribution in [0.25, 0.3) is 0 Å². The van der Waals surface area contributed by atoms with Crippen molar-refractivity contribution >= 4 is 29.1 Å². The van der Waals surface area contributed by atoms with Gasteiger partial charge < -0.3 is 4.90 Å². The lowest BCUT2D eigenvalue weighted by Crippen LogP contribution is -2.25. The van der Waals surface area contributed by atoms with Crippen LogP contribution in [0.15, 0.2) is 24.3 Å². The molecule has 0 heterocycles. The van der Waals surface area contributed by atoms with Crippen molar-refractivity contribution in [2.24, 2.45) is 0 Å². The Morgan fingerprint density at radius 3 is 2.39 bits per heavy atom. The van der Waals surface area contributed by atoms with Crippen LogP contribution in [0.1, 0.15) is 24.2 Å². The molecule has 0 amide bonds. The summed E-state index contributed by atoms with van der Waals surface area (Å²) in [5.74, 6) is 1.72. The van der Waals surface area contributed by atoms with Crippen molar-refractivity contribution in [1.82, 2.24) is 4.90 Å². The number of carbonyl (C=O) groups is 1. The summed E-state index contributed by atoms with van der Waals surface area (Å²) in [6.45, 7) is 7.51. The van der Waals surface area contributed by atoms with Crippen LogP contribution in [0.3, 0.4) is 0 Å². The summed E-state index contributed by atoms with van der Waals surface area (Å²) in [4.78, 5) is 14.2. The third kappa shape index (κ3) is 5.42. The van der Waals surface area contributed by atoms with Gasteiger partial charge in [-0.15, -0.1) is 0 Å².